The minimum atomic E-state index is -0.489. The molecule has 5 heterocycles. The third kappa shape index (κ3) is 4.02. The number of fused-ring (bicyclic) bond motifs is 1. The van der Waals surface area contributed by atoms with Gasteiger partial charge in [-0.15, -0.1) is 0 Å². The molecule has 8 nitrogen and oxygen atoms in total. The first-order valence-corrected chi connectivity index (χ1v) is 11.8. The molecule has 1 aliphatic heterocycles. The second kappa shape index (κ2) is 9.08. The maximum Gasteiger partial charge on any atom is 0.159 e. The van der Waals surface area contributed by atoms with Gasteiger partial charge >= 0.3 is 0 Å². The van der Waals surface area contributed by atoms with E-state index in [0.717, 1.165) is 54.5 Å². The number of hydrogen-bond acceptors (Lipinski definition) is 7. The Hall–Kier alpha value is -3.42. The number of ether oxygens (including phenoxy) is 1. The number of hydrogen-bond donors (Lipinski definition) is 0. The van der Waals surface area contributed by atoms with Crippen LogP contribution in [-0.2, 0) is 0 Å². The van der Waals surface area contributed by atoms with Crippen molar-refractivity contribution in [2.75, 3.05) is 27.2 Å². The summed E-state index contributed by atoms with van der Waals surface area (Å²) >= 11 is 1.16. The van der Waals surface area contributed by atoms with E-state index in [1.165, 1.54) is 25.6 Å². The normalized spacial score (nSPS) is 15.0. The molecule has 0 spiro atoms. The Labute approximate surface area is 201 Å². The zero-order chi connectivity index (χ0) is 23.8. The van der Waals surface area contributed by atoms with Gasteiger partial charge in [0, 0.05) is 34.0 Å². The summed E-state index contributed by atoms with van der Waals surface area (Å²) in [5.74, 6) is -0.142. The first kappa shape index (κ1) is 22.4. The predicted molar refractivity (Wildman–Crippen MR) is 127 cm³/mol. The molecular formula is C24H24FN7OS. The number of rotatable bonds is 5. The van der Waals surface area contributed by atoms with Crippen LogP contribution in [-0.4, -0.2) is 56.5 Å². The summed E-state index contributed by atoms with van der Waals surface area (Å²) in [6.45, 7) is 4.18. The summed E-state index contributed by atoms with van der Waals surface area (Å²) < 4.78 is 23.5. The first-order valence-electron chi connectivity index (χ1n) is 11.0. The van der Waals surface area contributed by atoms with Gasteiger partial charge in [-0.1, -0.05) is 11.8 Å². The van der Waals surface area contributed by atoms with E-state index in [9.17, 15) is 9.65 Å². The molecule has 4 aromatic heterocycles. The van der Waals surface area contributed by atoms with E-state index in [0.29, 0.717) is 27.8 Å². The van der Waals surface area contributed by atoms with E-state index in [4.69, 9.17) is 9.84 Å². The fourth-order valence-electron chi connectivity index (χ4n) is 4.40. The maximum absolute atomic E-state index is 14.7. The van der Waals surface area contributed by atoms with E-state index in [-0.39, 0.29) is 5.03 Å². The SMILES string of the molecule is COc1cnc(Sc2cc(-c3cnn(C4CCN(C)CC4)c3C)cn3ncc(C#N)c23)c(F)c1. The van der Waals surface area contributed by atoms with E-state index < -0.39 is 5.82 Å². The molecule has 1 saturated heterocycles. The maximum atomic E-state index is 14.7. The molecule has 34 heavy (non-hydrogen) atoms. The van der Waals surface area contributed by atoms with Gasteiger partial charge in [0.25, 0.3) is 0 Å². The Morgan fingerprint density at radius 3 is 2.68 bits per heavy atom. The van der Waals surface area contributed by atoms with Gasteiger partial charge in [-0.2, -0.15) is 15.5 Å². The second-order valence-electron chi connectivity index (χ2n) is 8.44. The highest BCUT2D eigenvalue weighted by Gasteiger charge is 2.23. The lowest BCUT2D eigenvalue weighted by atomic mass is 10.0. The summed E-state index contributed by atoms with van der Waals surface area (Å²) in [7, 11) is 3.61. The van der Waals surface area contributed by atoms with Gasteiger partial charge in [-0.05, 0) is 46.0 Å². The van der Waals surface area contributed by atoms with Gasteiger partial charge < -0.3 is 9.64 Å². The van der Waals surface area contributed by atoms with E-state index in [2.05, 4.69) is 39.7 Å². The summed E-state index contributed by atoms with van der Waals surface area (Å²) in [6.07, 6.45) is 8.89. The number of aromatic nitrogens is 5. The monoisotopic (exact) mass is 477 g/mol. The van der Waals surface area contributed by atoms with Gasteiger partial charge in [0.1, 0.15) is 16.8 Å². The molecule has 0 atom stereocenters. The zero-order valence-electron chi connectivity index (χ0n) is 19.2. The lowest BCUT2D eigenvalue weighted by Crippen LogP contribution is -2.32. The minimum absolute atomic E-state index is 0.198. The van der Waals surface area contributed by atoms with Crippen LogP contribution in [0.1, 0.15) is 30.1 Å². The Balaban J connectivity index is 1.57. The van der Waals surface area contributed by atoms with Crippen molar-refractivity contribution >= 4 is 17.3 Å². The predicted octanol–water partition coefficient (Wildman–Crippen LogP) is 4.34. The number of piperidine rings is 1. The van der Waals surface area contributed by atoms with Gasteiger partial charge in [-0.3, -0.25) is 4.68 Å². The molecule has 174 valence electrons. The van der Waals surface area contributed by atoms with Crippen molar-refractivity contribution in [2.24, 2.45) is 0 Å². The minimum Gasteiger partial charge on any atom is -0.495 e. The van der Waals surface area contributed by atoms with E-state index >= 15 is 0 Å². The molecule has 0 bridgehead atoms. The highest BCUT2D eigenvalue weighted by molar-refractivity contribution is 7.99. The van der Waals surface area contributed by atoms with Crippen molar-refractivity contribution in [3.8, 4) is 22.9 Å². The lowest BCUT2D eigenvalue weighted by Gasteiger charge is -2.29. The number of nitriles is 1. The molecule has 1 fully saturated rings. The van der Waals surface area contributed by atoms with Gasteiger partial charge in [0.05, 0.1) is 42.8 Å². The van der Waals surface area contributed by atoms with Crippen LogP contribution in [0.15, 0.2) is 46.8 Å². The van der Waals surface area contributed by atoms with Crippen LogP contribution in [0.3, 0.4) is 0 Å². The fraction of sp³-hybridized carbons (Fsp3) is 0.333. The molecule has 0 saturated carbocycles. The average molecular weight is 478 g/mol. The van der Waals surface area contributed by atoms with Gasteiger partial charge in [0.15, 0.2) is 5.82 Å². The molecule has 0 unspecified atom stereocenters. The zero-order valence-corrected chi connectivity index (χ0v) is 20.0. The van der Waals surface area contributed by atoms with Crippen LogP contribution >= 0.6 is 11.8 Å². The summed E-state index contributed by atoms with van der Waals surface area (Å²) in [5, 5.41) is 18.9. The lowest BCUT2D eigenvalue weighted by molar-refractivity contribution is 0.210. The molecule has 10 heteroatoms. The largest absolute Gasteiger partial charge is 0.495 e. The molecular weight excluding hydrogens is 453 g/mol. The van der Waals surface area contributed by atoms with Crippen molar-refractivity contribution in [3.05, 3.63) is 54.0 Å². The number of halogens is 1. The Kier molecular flexibility index (Phi) is 5.98. The standard InChI is InChI=1S/C24H24FN7OS/c1-15-20(13-29-32(15)18-4-6-30(2)7-5-18)16-8-22(23-17(10-26)11-28-31(23)14-16)34-24-21(25)9-19(33-3)12-27-24/h8-9,11-14,18H,4-7H2,1-3H3. The van der Waals surface area contributed by atoms with Crippen LogP contribution in [0.25, 0.3) is 16.6 Å². The summed E-state index contributed by atoms with van der Waals surface area (Å²) in [5.41, 5.74) is 4.00. The average Bonchev–Trinajstić information content (AvgIpc) is 3.44. The van der Waals surface area contributed by atoms with Crippen LogP contribution in [0.5, 0.6) is 5.75 Å². The van der Waals surface area contributed by atoms with Crippen LogP contribution in [0, 0.1) is 24.1 Å². The second-order valence-corrected chi connectivity index (χ2v) is 9.47. The molecule has 0 aromatic carbocycles. The molecule has 1 aliphatic rings. The van der Waals surface area contributed by atoms with Gasteiger partial charge in [0.2, 0.25) is 0 Å². The quantitative estimate of drug-likeness (QED) is 0.423. The van der Waals surface area contributed by atoms with Crippen molar-refractivity contribution in [1.29, 1.82) is 5.26 Å². The third-order valence-corrected chi connectivity index (χ3v) is 7.34. The summed E-state index contributed by atoms with van der Waals surface area (Å²) in [4.78, 5) is 7.24. The van der Waals surface area contributed by atoms with Crippen molar-refractivity contribution in [1.82, 2.24) is 29.3 Å². The highest BCUT2D eigenvalue weighted by Crippen LogP contribution is 2.37. The van der Waals surface area contributed by atoms with Crippen LogP contribution in [0.2, 0.25) is 0 Å². The van der Waals surface area contributed by atoms with E-state index in [1.807, 2.05) is 18.5 Å². The van der Waals surface area contributed by atoms with Crippen molar-refractivity contribution < 1.29 is 9.13 Å². The topological polar surface area (TPSA) is 84.3 Å². The highest BCUT2D eigenvalue weighted by atomic mass is 32.2. The molecule has 0 amide bonds. The number of methoxy groups -OCH3 is 1. The van der Waals surface area contributed by atoms with Crippen LogP contribution in [0.4, 0.5) is 4.39 Å². The molecule has 0 N–H and O–H groups in total. The fourth-order valence-corrected chi connectivity index (χ4v) is 5.36. The van der Waals surface area contributed by atoms with Crippen molar-refractivity contribution in [3.63, 3.8) is 0 Å². The first-order chi connectivity index (χ1) is 16.5. The van der Waals surface area contributed by atoms with Crippen LogP contribution < -0.4 is 4.74 Å². The van der Waals surface area contributed by atoms with E-state index in [1.54, 1.807) is 4.52 Å². The molecule has 0 radical (unpaired) electrons. The number of pyridine rings is 2. The van der Waals surface area contributed by atoms with Crippen molar-refractivity contribution in [2.45, 2.75) is 35.7 Å². The third-order valence-electron chi connectivity index (χ3n) is 6.31. The Bertz CT molecular complexity index is 1400. The summed E-state index contributed by atoms with van der Waals surface area (Å²) in [6, 6.07) is 5.80. The molecule has 4 aromatic rings. The molecule has 0 aliphatic carbocycles. The smallest absolute Gasteiger partial charge is 0.159 e. The number of likely N-dealkylation sites (tertiary alicyclic amines) is 1. The Morgan fingerprint density at radius 2 is 1.97 bits per heavy atom. The Morgan fingerprint density at radius 1 is 1.18 bits per heavy atom. The number of nitrogens with zero attached hydrogens (tertiary/aromatic N) is 7. The van der Waals surface area contributed by atoms with Gasteiger partial charge in [-0.25, -0.2) is 13.9 Å². The molecule has 5 rings (SSSR count).